The lowest BCUT2D eigenvalue weighted by molar-refractivity contribution is -0.321. The largest absolute Gasteiger partial charge is 0.307 e. The SMILES string of the molecule is CC1c2ccccc2[C@]2(c3ccccc3)OO[C@H]1O2. The molecule has 2 aliphatic rings. The van der Waals surface area contributed by atoms with Crippen molar-refractivity contribution in [2.24, 2.45) is 0 Å². The van der Waals surface area contributed by atoms with E-state index < -0.39 is 5.79 Å². The third-order valence-corrected chi connectivity index (χ3v) is 3.91. The molecule has 3 heteroatoms. The molecule has 0 radical (unpaired) electrons. The second-order valence-electron chi connectivity index (χ2n) is 5.02. The van der Waals surface area contributed by atoms with Crippen molar-refractivity contribution >= 4 is 0 Å². The quantitative estimate of drug-likeness (QED) is 0.731. The minimum absolute atomic E-state index is 0.163. The Hall–Kier alpha value is -1.68. The molecule has 0 aromatic heterocycles. The first-order valence-corrected chi connectivity index (χ1v) is 6.48. The zero-order valence-electron chi connectivity index (χ0n) is 10.6. The predicted molar refractivity (Wildman–Crippen MR) is 69.1 cm³/mol. The Morgan fingerprint density at radius 3 is 2.53 bits per heavy atom. The molecule has 0 N–H and O–H groups in total. The Balaban J connectivity index is 1.97. The third kappa shape index (κ3) is 1.43. The maximum Gasteiger partial charge on any atom is 0.256 e. The van der Waals surface area contributed by atoms with Gasteiger partial charge in [0.15, 0.2) is 0 Å². The maximum atomic E-state index is 6.07. The molecule has 0 spiro atoms. The molecule has 3 nitrogen and oxygen atoms in total. The van der Waals surface area contributed by atoms with Crippen LogP contribution >= 0.6 is 0 Å². The van der Waals surface area contributed by atoms with Crippen molar-refractivity contribution in [1.29, 1.82) is 0 Å². The molecule has 2 aromatic rings. The highest BCUT2D eigenvalue weighted by Crippen LogP contribution is 2.51. The Kier molecular flexibility index (Phi) is 2.30. The first kappa shape index (κ1) is 11.2. The van der Waals surface area contributed by atoms with Gasteiger partial charge < -0.3 is 4.74 Å². The number of hydrogen-bond donors (Lipinski definition) is 0. The average Bonchev–Trinajstić information content (AvgIpc) is 2.89. The lowest BCUT2D eigenvalue weighted by atomic mass is 9.85. The van der Waals surface area contributed by atoms with Crippen molar-refractivity contribution in [3.05, 3.63) is 71.3 Å². The van der Waals surface area contributed by atoms with Crippen LogP contribution in [0.3, 0.4) is 0 Å². The van der Waals surface area contributed by atoms with Crippen molar-refractivity contribution in [2.45, 2.75) is 24.9 Å². The van der Waals surface area contributed by atoms with Crippen molar-refractivity contribution < 1.29 is 14.5 Å². The molecule has 2 heterocycles. The van der Waals surface area contributed by atoms with Crippen molar-refractivity contribution in [3.8, 4) is 0 Å². The van der Waals surface area contributed by atoms with Crippen LogP contribution in [0.1, 0.15) is 29.5 Å². The van der Waals surface area contributed by atoms with E-state index in [9.17, 15) is 0 Å². The van der Waals surface area contributed by atoms with Gasteiger partial charge in [-0.15, -0.1) is 0 Å². The van der Waals surface area contributed by atoms with Crippen LogP contribution in [0.5, 0.6) is 0 Å². The summed E-state index contributed by atoms with van der Waals surface area (Å²) in [5, 5.41) is 0. The van der Waals surface area contributed by atoms with Crippen LogP contribution in [0.2, 0.25) is 0 Å². The van der Waals surface area contributed by atoms with E-state index in [4.69, 9.17) is 14.5 Å². The predicted octanol–water partition coefficient (Wildman–Crippen LogP) is 3.31. The molecule has 4 rings (SSSR count). The van der Waals surface area contributed by atoms with Gasteiger partial charge in [-0.25, -0.2) is 0 Å². The summed E-state index contributed by atoms with van der Waals surface area (Å²) < 4.78 is 6.07. The van der Waals surface area contributed by atoms with E-state index in [-0.39, 0.29) is 12.2 Å². The molecule has 96 valence electrons. The molecule has 1 saturated heterocycles. The molecular formula is C16H14O3. The van der Waals surface area contributed by atoms with Gasteiger partial charge in [0, 0.05) is 17.0 Å². The zero-order valence-corrected chi connectivity index (χ0v) is 10.6. The molecule has 0 amide bonds. The first-order chi connectivity index (χ1) is 9.31. The van der Waals surface area contributed by atoms with Gasteiger partial charge in [0.05, 0.1) is 0 Å². The number of ether oxygens (including phenoxy) is 1. The zero-order chi connectivity index (χ0) is 12.9. The summed E-state index contributed by atoms with van der Waals surface area (Å²) in [7, 11) is 0. The number of rotatable bonds is 1. The summed E-state index contributed by atoms with van der Waals surface area (Å²) in [5.74, 6) is -0.759. The summed E-state index contributed by atoms with van der Waals surface area (Å²) in [5.41, 5.74) is 3.21. The summed E-state index contributed by atoms with van der Waals surface area (Å²) in [4.78, 5) is 11.0. The Morgan fingerprint density at radius 1 is 0.947 bits per heavy atom. The van der Waals surface area contributed by atoms with Crippen molar-refractivity contribution in [3.63, 3.8) is 0 Å². The first-order valence-electron chi connectivity index (χ1n) is 6.48. The monoisotopic (exact) mass is 254 g/mol. The highest BCUT2D eigenvalue weighted by atomic mass is 17.3. The van der Waals surface area contributed by atoms with Gasteiger partial charge in [0.25, 0.3) is 5.79 Å². The minimum Gasteiger partial charge on any atom is -0.307 e. The fourth-order valence-electron chi connectivity index (χ4n) is 2.88. The molecule has 3 atom stereocenters. The number of benzene rings is 2. The fraction of sp³-hybridized carbons (Fsp3) is 0.250. The van der Waals surface area contributed by atoms with Crippen LogP contribution in [0.15, 0.2) is 54.6 Å². The van der Waals surface area contributed by atoms with Gasteiger partial charge in [-0.1, -0.05) is 61.5 Å². The fourth-order valence-corrected chi connectivity index (χ4v) is 2.88. The normalized spacial score (nSPS) is 32.1. The smallest absolute Gasteiger partial charge is 0.256 e. The van der Waals surface area contributed by atoms with E-state index in [1.165, 1.54) is 5.56 Å². The van der Waals surface area contributed by atoms with Crippen LogP contribution in [0, 0.1) is 0 Å². The lowest BCUT2D eigenvalue weighted by Crippen LogP contribution is -2.36. The summed E-state index contributed by atoms with van der Waals surface area (Å²) >= 11 is 0. The van der Waals surface area contributed by atoms with Crippen molar-refractivity contribution in [1.82, 2.24) is 0 Å². The molecule has 2 aromatic carbocycles. The van der Waals surface area contributed by atoms with Crippen molar-refractivity contribution in [2.75, 3.05) is 0 Å². The standard InChI is InChI=1S/C16H14O3/c1-11-13-9-5-6-10-14(13)16(17-15(11)18-19-16)12-7-3-2-4-8-12/h2-11,15H,1H3/t11?,15-,16+/m1/s1. The highest BCUT2D eigenvalue weighted by molar-refractivity contribution is 5.43. The van der Waals surface area contributed by atoms with E-state index in [0.717, 1.165) is 11.1 Å². The van der Waals surface area contributed by atoms with E-state index in [0.29, 0.717) is 0 Å². The van der Waals surface area contributed by atoms with Crippen LogP contribution < -0.4 is 0 Å². The molecule has 19 heavy (non-hydrogen) atoms. The number of fused-ring (bicyclic) bond motifs is 4. The maximum absolute atomic E-state index is 6.07. The Morgan fingerprint density at radius 2 is 1.68 bits per heavy atom. The van der Waals surface area contributed by atoms with Crippen LogP contribution in [-0.2, 0) is 20.3 Å². The molecule has 1 fully saturated rings. The van der Waals surface area contributed by atoms with Gasteiger partial charge in [0.2, 0.25) is 6.29 Å². The molecular weight excluding hydrogens is 240 g/mol. The lowest BCUT2D eigenvalue weighted by Gasteiger charge is -2.34. The third-order valence-electron chi connectivity index (χ3n) is 3.91. The molecule has 2 aliphatic heterocycles. The van der Waals surface area contributed by atoms with Gasteiger partial charge >= 0.3 is 0 Å². The second-order valence-corrected chi connectivity index (χ2v) is 5.02. The topological polar surface area (TPSA) is 27.7 Å². The van der Waals surface area contributed by atoms with Gasteiger partial charge in [-0.3, -0.25) is 0 Å². The van der Waals surface area contributed by atoms with Gasteiger partial charge in [0.1, 0.15) is 0 Å². The summed E-state index contributed by atoms with van der Waals surface area (Å²) in [6, 6.07) is 18.1. The van der Waals surface area contributed by atoms with Crippen LogP contribution in [-0.4, -0.2) is 6.29 Å². The van der Waals surface area contributed by atoms with E-state index in [2.05, 4.69) is 13.0 Å². The van der Waals surface area contributed by atoms with E-state index >= 15 is 0 Å². The molecule has 0 aliphatic carbocycles. The number of hydrogen-bond acceptors (Lipinski definition) is 3. The average molecular weight is 254 g/mol. The van der Waals surface area contributed by atoms with Crippen LogP contribution in [0.25, 0.3) is 0 Å². The molecule has 2 bridgehead atoms. The Bertz CT molecular complexity index is 610. The minimum atomic E-state index is -0.922. The van der Waals surface area contributed by atoms with Gasteiger partial charge in [-0.2, -0.15) is 9.78 Å². The molecule has 0 saturated carbocycles. The van der Waals surface area contributed by atoms with E-state index in [1.54, 1.807) is 0 Å². The summed E-state index contributed by atoms with van der Waals surface area (Å²) in [6.45, 7) is 2.09. The Labute approximate surface area is 111 Å². The van der Waals surface area contributed by atoms with E-state index in [1.807, 2.05) is 48.5 Å². The van der Waals surface area contributed by atoms with Gasteiger partial charge in [-0.05, 0) is 5.56 Å². The molecule has 1 unspecified atom stereocenters. The summed E-state index contributed by atoms with van der Waals surface area (Å²) in [6.07, 6.45) is -0.352. The second kappa shape index (κ2) is 3.90. The van der Waals surface area contributed by atoms with Crippen LogP contribution in [0.4, 0.5) is 0 Å². The highest BCUT2D eigenvalue weighted by Gasteiger charge is 2.54.